The smallest absolute Gasteiger partial charge is 0.335 e. The quantitative estimate of drug-likeness (QED) is 0.561. The lowest BCUT2D eigenvalue weighted by Gasteiger charge is -2.16. The molecule has 3 aromatic rings. The lowest BCUT2D eigenvalue weighted by atomic mass is 10.1. The molecule has 1 saturated carbocycles. The molecule has 3 N–H and O–H groups in total. The molecule has 1 saturated heterocycles. The number of benzene rings is 2. The average Bonchev–Trinajstić information content (AvgIpc) is 3.33. The first-order chi connectivity index (χ1) is 14.9. The molecule has 7 nitrogen and oxygen atoms in total. The van der Waals surface area contributed by atoms with Crippen LogP contribution in [0.5, 0.6) is 0 Å². The number of aliphatic hydroxyl groups excluding tert-OH is 1. The molecular weight excluding hydrogens is 421 g/mol. The van der Waals surface area contributed by atoms with Crippen molar-refractivity contribution in [1.29, 1.82) is 0 Å². The van der Waals surface area contributed by atoms with Crippen LogP contribution in [0.4, 0.5) is 14.9 Å². The van der Waals surface area contributed by atoms with E-state index in [2.05, 4.69) is 10.3 Å². The van der Waals surface area contributed by atoms with Gasteiger partial charge in [-0.1, -0.05) is 0 Å². The van der Waals surface area contributed by atoms with Crippen LogP contribution in [-0.2, 0) is 0 Å². The number of amides is 2. The third kappa shape index (κ3) is 3.86. The summed E-state index contributed by atoms with van der Waals surface area (Å²) in [7, 11) is 0. The second-order valence-corrected chi connectivity index (χ2v) is 9.05. The number of carbonyl (C=O) groups is 2. The van der Waals surface area contributed by atoms with Crippen molar-refractivity contribution in [2.45, 2.75) is 31.3 Å². The van der Waals surface area contributed by atoms with Crippen LogP contribution in [0.2, 0.25) is 0 Å². The number of rotatable bonds is 4. The largest absolute Gasteiger partial charge is 0.478 e. The number of nitrogens with zero attached hydrogens (tertiary/aromatic N) is 2. The number of hydrogen-bond donors (Lipinski definition) is 3. The summed E-state index contributed by atoms with van der Waals surface area (Å²) in [5.41, 5.74) is 2.48. The fourth-order valence-electron chi connectivity index (χ4n) is 3.89. The zero-order valence-electron chi connectivity index (χ0n) is 16.5. The van der Waals surface area contributed by atoms with Crippen LogP contribution in [0.1, 0.15) is 41.1 Å². The number of aromatic carboxylic acids is 1. The van der Waals surface area contributed by atoms with E-state index in [-0.39, 0.29) is 18.1 Å². The predicted octanol–water partition coefficient (Wildman–Crippen LogP) is 4.28. The number of carboxylic acid groups (broad SMARTS) is 1. The molecule has 2 aliphatic rings. The van der Waals surface area contributed by atoms with Gasteiger partial charge in [0.15, 0.2) is 0 Å². The fourth-order valence-corrected chi connectivity index (χ4v) is 4.96. The Labute approximate surface area is 181 Å². The van der Waals surface area contributed by atoms with Crippen molar-refractivity contribution < 1.29 is 24.2 Å². The molecule has 160 valence electrons. The van der Waals surface area contributed by atoms with Crippen molar-refractivity contribution in [3.8, 4) is 10.6 Å². The number of likely N-dealkylation sites (tertiary alicyclic amines) is 1. The van der Waals surface area contributed by atoms with Crippen LogP contribution in [0.15, 0.2) is 30.3 Å². The van der Waals surface area contributed by atoms with Gasteiger partial charge in [-0.25, -0.2) is 19.0 Å². The van der Waals surface area contributed by atoms with Crippen LogP contribution < -0.4 is 5.32 Å². The zero-order valence-corrected chi connectivity index (χ0v) is 17.3. The number of carbonyl (C=O) groups excluding carboxylic acids is 1. The number of thiazole rings is 1. The molecule has 2 heterocycles. The first-order valence-electron chi connectivity index (χ1n) is 10.1. The van der Waals surface area contributed by atoms with Crippen LogP contribution in [0, 0.1) is 5.82 Å². The molecule has 0 bridgehead atoms. The number of anilines is 1. The molecule has 0 radical (unpaired) electrons. The molecule has 1 unspecified atom stereocenters. The van der Waals surface area contributed by atoms with Crippen LogP contribution in [0.25, 0.3) is 20.8 Å². The second-order valence-electron chi connectivity index (χ2n) is 8.02. The summed E-state index contributed by atoms with van der Waals surface area (Å²) in [5, 5.41) is 22.1. The molecule has 5 rings (SSSR count). The minimum absolute atomic E-state index is 0.218. The Morgan fingerprint density at radius 1 is 1.19 bits per heavy atom. The molecule has 31 heavy (non-hydrogen) atoms. The Hall–Kier alpha value is -3.04. The minimum atomic E-state index is -0.990. The highest BCUT2D eigenvalue weighted by molar-refractivity contribution is 7.21. The molecule has 1 aliphatic heterocycles. The Morgan fingerprint density at radius 2 is 2.00 bits per heavy atom. The van der Waals surface area contributed by atoms with E-state index in [1.807, 2.05) is 0 Å². The average molecular weight is 441 g/mol. The van der Waals surface area contributed by atoms with Crippen LogP contribution in [0.3, 0.4) is 0 Å². The van der Waals surface area contributed by atoms with Gasteiger partial charge in [0.25, 0.3) is 0 Å². The standard InChI is InChI=1S/C22H20FN3O4S/c23-17-9-13(24-22(30)26-6-5-14(27)10-26)3-4-15(17)20-25-19-16(11-1-2-11)7-12(21(28)29)8-18(19)31-20/h3-4,7-9,11,14,27H,1-2,5-6,10H2,(H,24,30)(H,28,29). The lowest BCUT2D eigenvalue weighted by molar-refractivity contribution is 0.0697. The second kappa shape index (κ2) is 7.58. The van der Waals surface area contributed by atoms with Crippen LogP contribution in [-0.4, -0.2) is 51.3 Å². The zero-order chi connectivity index (χ0) is 21.7. The first kappa shape index (κ1) is 19.9. The van der Waals surface area contributed by atoms with Gasteiger partial charge in [0.1, 0.15) is 10.8 Å². The highest BCUT2D eigenvalue weighted by Crippen LogP contribution is 2.45. The Kier molecular flexibility index (Phi) is 4.86. The van der Waals surface area contributed by atoms with E-state index in [4.69, 9.17) is 0 Å². The maximum absolute atomic E-state index is 14.9. The van der Waals surface area contributed by atoms with Gasteiger partial charge in [0.2, 0.25) is 0 Å². The van der Waals surface area contributed by atoms with E-state index in [9.17, 15) is 24.2 Å². The van der Waals surface area contributed by atoms with Gasteiger partial charge in [-0.3, -0.25) is 0 Å². The molecule has 2 amide bonds. The summed E-state index contributed by atoms with van der Waals surface area (Å²) in [4.78, 5) is 29.9. The molecule has 1 aromatic heterocycles. The highest BCUT2D eigenvalue weighted by Gasteiger charge is 2.29. The number of β-amino-alcohol motifs (C(OH)–C–C–N with tert-alkyl or cyclic N) is 1. The molecule has 1 atom stereocenters. The summed E-state index contributed by atoms with van der Waals surface area (Å²) in [6, 6.07) is 7.31. The Balaban J connectivity index is 1.44. The van der Waals surface area contributed by atoms with E-state index < -0.39 is 17.9 Å². The maximum atomic E-state index is 14.9. The Morgan fingerprint density at radius 3 is 2.65 bits per heavy atom. The normalized spacial score (nSPS) is 18.5. The predicted molar refractivity (Wildman–Crippen MR) is 115 cm³/mol. The van der Waals surface area contributed by atoms with E-state index in [1.54, 1.807) is 24.3 Å². The fraction of sp³-hybridized carbons (Fsp3) is 0.318. The monoisotopic (exact) mass is 441 g/mol. The lowest BCUT2D eigenvalue weighted by Crippen LogP contribution is -2.33. The molecule has 1 aliphatic carbocycles. The first-order valence-corrected chi connectivity index (χ1v) is 10.9. The number of halogens is 1. The molecule has 2 aromatic carbocycles. The third-order valence-corrected chi connectivity index (χ3v) is 6.73. The van der Waals surface area contributed by atoms with E-state index in [0.29, 0.717) is 35.1 Å². The number of urea groups is 1. The van der Waals surface area contributed by atoms with Gasteiger partial charge < -0.3 is 20.4 Å². The Bertz CT molecular complexity index is 1210. The van der Waals surface area contributed by atoms with Crippen LogP contribution >= 0.6 is 11.3 Å². The number of nitrogens with one attached hydrogen (secondary N) is 1. The highest BCUT2D eigenvalue weighted by atomic mass is 32.1. The van der Waals surface area contributed by atoms with E-state index >= 15 is 0 Å². The minimum Gasteiger partial charge on any atom is -0.478 e. The van der Waals surface area contributed by atoms with Crippen molar-refractivity contribution in [3.05, 3.63) is 47.3 Å². The number of carboxylic acids is 1. The molecule has 9 heteroatoms. The number of aromatic nitrogens is 1. The number of hydrogen-bond acceptors (Lipinski definition) is 5. The summed E-state index contributed by atoms with van der Waals surface area (Å²) in [6.45, 7) is 0.723. The van der Waals surface area contributed by atoms with Gasteiger partial charge in [-0.15, -0.1) is 11.3 Å². The van der Waals surface area contributed by atoms with Gasteiger partial charge in [0, 0.05) is 24.3 Å². The summed E-state index contributed by atoms with van der Waals surface area (Å²) in [5.74, 6) is -1.21. The van der Waals surface area contributed by atoms with Gasteiger partial charge >= 0.3 is 12.0 Å². The molecule has 0 spiro atoms. The van der Waals surface area contributed by atoms with Crippen molar-refractivity contribution >= 4 is 39.2 Å². The topological polar surface area (TPSA) is 103 Å². The number of aliphatic hydroxyl groups is 1. The molecule has 2 fully saturated rings. The van der Waals surface area contributed by atoms with Gasteiger partial charge in [-0.05, 0) is 61.1 Å². The summed E-state index contributed by atoms with van der Waals surface area (Å²) < 4.78 is 15.6. The maximum Gasteiger partial charge on any atom is 0.335 e. The van der Waals surface area contributed by atoms with Crippen molar-refractivity contribution in [2.24, 2.45) is 0 Å². The van der Waals surface area contributed by atoms with Crippen molar-refractivity contribution in [3.63, 3.8) is 0 Å². The van der Waals surface area contributed by atoms with Gasteiger partial charge in [0.05, 0.1) is 21.9 Å². The van der Waals surface area contributed by atoms with E-state index in [1.165, 1.54) is 22.3 Å². The third-order valence-electron chi connectivity index (χ3n) is 5.69. The van der Waals surface area contributed by atoms with E-state index in [0.717, 1.165) is 28.6 Å². The SMILES string of the molecule is O=C(O)c1cc(C2CC2)c2nc(-c3ccc(NC(=O)N4CCC(O)C4)cc3F)sc2c1. The molecular formula is C22H20FN3O4S. The van der Waals surface area contributed by atoms with Crippen molar-refractivity contribution in [2.75, 3.05) is 18.4 Å². The van der Waals surface area contributed by atoms with Gasteiger partial charge in [-0.2, -0.15) is 0 Å². The summed E-state index contributed by atoms with van der Waals surface area (Å²) >= 11 is 1.26. The number of fused-ring (bicyclic) bond motifs is 1. The summed E-state index contributed by atoms with van der Waals surface area (Å²) in [6.07, 6.45) is 2.01. The van der Waals surface area contributed by atoms with Crippen molar-refractivity contribution in [1.82, 2.24) is 9.88 Å².